The minimum atomic E-state index is -0.711. The molecule has 1 unspecified atom stereocenters. The van der Waals surface area contributed by atoms with Crippen LogP contribution in [0.15, 0.2) is 29.2 Å². The highest BCUT2D eigenvalue weighted by Crippen LogP contribution is 2.29. The Kier molecular flexibility index (Phi) is 4.45. The fourth-order valence-electron chi connectivity index (χ4n) is 3.18. The molecule has 26 heavy (non-hydrogen) atoms. The highest BCUT2D eigenvalue weighted by Gasteiger charge is 2.27. The summed E-state index contributed by atoms with van der Waals surface area (Å²) in [6.07, 6.45) is 2.12. The van der Waals surface area contributed by atoms with Gasteiger partial charge < -0.3 is 5.32 Å². The topological polar surface area (TPSA) is 107 Å². The average molecular weight is 356 g/mol. The molecule has 3 aromatic heterocycles. The molecule has 3 aromatic rings. The maximum absolute atomic E-state index is 12.6. The van der Waals surface area contributed by atoms with Crippen LogP contribution >= 0.6 is 0 Å². The fraction of sp³-hybridized carbons (Fsp3) is 0.353. The normalized spacial score (nSPS) is 12.3. The zero-order chi connectivity index (χ0) is 19.0. The number of nitrogens with zero attached hydrogens (tertiary/aromatic N) is 5. The summed E-state index contributed by atoms with van der Waals surface area (Å²) in [5, 5.41) is 19.0. The van der Waals surface area contributed by atoms with Gasteiger partial charge in [-0.15, -0.1) is 0 Å². The number of nitrogens with one attached hydrogen (secondary N) is 1. The van der Waals surface area contributed by atoms with Crippen LogP contribution < -0.4 is 10.9 Å². The number of pyridine rings is 1. The fourth-order valence-corrected chi connectivity index (χ4v) is 3.18. The largest absolute Gasteiger partial charge is 0.376 e. The van der Waals surface area contributed by atoms with E-state index in [1.807, 2.05) is 27.8 Å². The third-order valence-electron chi connectivity index (χ3n) is 4.53. The molecule has 1 atom stereocenters. The Bertz CT molecular complexity index is 1050. The number of fused-ring (bicyclic) bond motifs is 1. The number of anilines is 1. The molecule has 0 amide bonds. The molecule has 3 heterocycles. The zero-order valence-corrected chi connectivity index (χ0v) is 15.1. The second kappa shape index (κ2) is 6.58. The van der Waals surface area contributed by atoms with Gasteiger partial charge in [0.25, 0.3) is 0 Å². The highest BCUT2D eigenvalue weighted by atomic mass is 16.6. The molecule has 136 valence electrons. The van der Waals surface area contributed by atoms with E-state index in [0.29, 0.717) is 12.1 Å². The summed E-state index contributed by atoms with van der Waals surface area (Å²) in [5.41, 5.74) is 1.83. The Morgan fingerprint density at radius 1 is 1.35 bits per heavy atom. The van der Waals surface area contributed by atoms with Gasteiger partial charge in [0, 0.05) is 24.5 Å². The van der Waals surface area contributed by atoms with Crippen molar-refractivity contribution in [1.29, 1.82) is 0 Å². The molecule has 0 saturated carbocycles. The number of rotatable bonds is 5. The standard InChI is InChI=1S/C17H20N6O3/c1-5-12(14-10(2)20-21(4)11(14)3)18-16-15(23(25)26)17(24)22-9-7-6-8-13(22)19-16/h6-9,12,18H,5H2,1-4H3. The lowest BCUT2D eigenvalue weighted by atomic mass is 10.0. The molecule has 9 nitrogen and oxygen atoms in total. The predicted octanol–water partition coefficient (Wildman–Crippen LogP) is 2.52. The molecule has 0 aliphatic heterocycles. The molecular formula is C17H20N6O3. The Morgan fingerprint density at radius 3 is 2.65 bits per heavy atom. The number of nitro groups is 1. The average Bonchev–Trinajstić information content (AvgIpc) is 2.85. The first-order valence-electron chi connectivity index (χ1n) is 8.27. The minimum absolute atomic E-state index is 0.0271. The second-order valence-electron chi connectivity index (χ2n) is 6.11. The molecule has 0 saturated heterocycles. The van der Waals surface area contributed by atoms with E-state index in [2.05, 4.69) is 15.4 Å². The molecule has 0 spiro atoms. The quantitative estimate of drug-likeness (QED) is 0.556. The summed E-state index contributed by atoms with van der Waals surface area (Å²) in [6, 6.07) is 4.74. The van der Waals surface area contributed by atoms with E-state index in [9.17, 15) is 14.9 Å². The van der Waals surface area contributed by atoms with E-state index in [0.717, 1.165) is 17.0 Å². The van der Waals surface area contributed by atoms with Crippen LogP contribution in [0.4, 0.5) is 11.5 Å². The first-order valence-corrected chi connectivity index (χ1v) is 8.27. The maximum Gasteiger partial charge on any atom is 0.376 e. The van der Waals surface area contributed by atoms with Crippen molar-refractivity contribution in [1.82, 2.24) is 19.2 Å². The van der Waals surface area contributed by atoms with Crippen LogP contribution in [-0.2, 0) is 7.05 Å². The van der Waals surface area contributed by atoms with Crippen LogP contribution in [0.25, 0.3) is 5.65 Å². The minimum Gasteiger partial charge on any atom is -0.357 e. The van der Waals surface area contributed by atoms with Gasteiger partial charge in [0.15, 0.2) is 0 Å². The molecular weight excluding hydrogens is 336 g/mol. The Labute approximate surface area is 149 Å². The monoisotopic (exact) mass is 356 g/mol. The third kappa shape index (κ3) is 2.81. The summed E-state index contributed by atoms with van der Waals surface area (Å²) in [7, 11) is 1.85. The molecule has 0 fully saturated rings. The molecule has 0 aliphatic carbocycles. The van der Waals surface area contributed by atoms with Crippen LogP contribution in [0, 0.1) is 24.0 Å². The van der Waals surface area contributed by atoms with Crippen molar-refractivity contribution < 1.29 is 4.92 Å². The van der Waals surface area contributed by atoms with Gasteiger partial charge in [0.05, 0.1) is 16.7 Å². The van der Waals surface area contributed by atoms with E-state index < -0.39 is 16.2 Å². The molecule has 0 aromatic carbocycles. The summed E-state index contributed by atoms with van der Waals surface area (Å²) >= 11 is 0. The van der Waals surface area contributed by atoms with E-state index in [1.54, 1.807) is 22.9 Å². The van der Waals surface area contributed by atoms with Gasteiger partial charge in [0.1, 0.15) is 5.65 Å². The molecule has 9 heteroatoms. The Morgan fingerprint density at radius 2 is 2.08 bits per heavy atom. The van der Waals surface area contributed by atoms with E-state index in [-0.39, 0.29) is 11.9 Å². The van der Waals surface area contributed by atoms with Crippen LogP contribution in [-0.4, -0.2) is 24.1 Å². The van der Waals surface area contributed by atoms with Gasteiger partial charge in [0.2, 0.25) is 5.82 Å². The van der Waals surface area contributed by atoms with Gasteiger partial charge in [-0.05, 0) is 32.4 Å². The third-order valence-corrected chi connectivity index (χ3v) is 4.53. The van der Waals surface area contributed by atoms with Gasteiger partial charge in [-0.25, -0.2) is 4.98 Å². The van der Waals surface area contributed by atoms with Crippen molar-refractivity contribution in [2.45, 2.75) is 33.2 Å². The Hall–Kier alpha value is -3.23. The lowest BCUT2D eigenvalue weighted by molar-refractivity contribution is -0.385. The van der Waals surface area contributed by atoms with Crippen LogP contribution in [0.1, 0.15) is 36.3 Å². The summed E-state index contributed by atoms with van der Waals surface area (Å²) < 4.78 is 2.94. The number of aromatic nitrogens is 4. The number of hydrogen-bond donors (Lipinski definition) is 1. The van der Waals surface area contributed by atoms with Crippen molar-refractivity contribution in [3.63, 3.8) is 0 Å². The van der Waals surface area contributed by atoms with E-state index in [1.165, 1.54) is 10.6 Å². The van der Waals surface area contributed by atoms with Gasteiger partial charge in [-0.2, -0.15) is 5.10 Å². The van der Waals surface area contributed by atoms with Gasteiger partial charge >= 0.3 is 11.2 Å². The molecule has 0 radical (unpaired) electrons. The van der Waals surface area contributed by atoms with E-state index in [4.69, 9.17) is 0 Å². The number of aryl methyl sites for hydroxylation is 2. The van der Waals surface area contributed by atoms with E-state index >= 15 is 0 Å². The van der Waals surface area contributed by atoms with Crippen molar-refractivity contribution >= 4 is 17.2 Å². The van der Waals surface area contributed by atoms with Crippen molar-refractivity contribution in [3.8, 4) is 0 Å². The van der Waals surface area contributed by atoms with Gasteiger partial charge in [-0.3, -0.25) is 24.0 Å². The summed E-state index contributed by atoms with van der Waals surface area (Å²) in [6.45, 7) is 5.80. The summed E-state index contributed by atoms with van der Waals surface area (Å²) in [5.74, 6) is -0.0271. The first kappa shape index (κ1) is 17.6. The second-order valence-corrected chi connectivity index (χ2v) is 6.11. The van der Waals surface area contributed by atoms with Crippen molar-refractivity contribution in [2.75, 3.05) is 5.32 Å². The smallest absolute Gasteiger partial charge is 0.357 e. The van der Waals surface area contributed by atoms with Crippen molar-refractivity contribution in [3.05, 3.63) is 61.8 Å². The maximum atomic E-state index is 12.6. The predicted molar refractivity (Wildman–Crippen MR) is 97.5 cm³/mol. The van der Waals surface area contributed by atoms with Crippen LogP contribution in [0.2, 0.25) is 0 Å². The SMILES string of the molecule is CCC(Nc1nc2ccccn2c(=O)c1[N+](=O)[O-])c1c(C)nn(C)c1C. The van der Waals surface area contributed by atoms with Crippen LogP contribution in [0.3, 0.4) is 0 Å². The van der Waals surface area contributed by atoms with Gasteiger partial charge in [-0.1, -0.05) is 13.0 Å². The molecule has 0 aliphatic rings. The first-order chi connectivity index (χ1) is 12.3. The van der Waals surface area contributed by atoms with Crippen LogP contribution in [0.5, 0.6) is 0 Å². The molecule has 0 bridgehead atoms. The lowest BCUT2D eigenvalue weighted by Crippen LogP contribution is -2.23. The molecule has 3 rings (SSSR count). The summed E-state index contributed by atoms with van der Waals surface area (Å²) in [4.78, 5) is 27.7. The number of hydrogen-bond acceptors (Lipinski definition) is 6. The highest BCUT2D eigenvalue weighted by molar-refractivity contribution is 5.61. The lowest BCUT2D eigenvalue weighted by Gasteiger charge is -2.18. The van der Waals surface area contributed by atoms with Crippen molar-refractivity contribution in [2.24, 2.45) is 7.05 Å². The zero-order valence-electron chi connectivity index (χ0n) is 15.1. The Balaban J connectivity index is 2.16. The molecule has 1 N–H and O–H groups in total.